The van der Waals surface area contributed by atoms with Gasteiger partial charge in [0, 0.05) is 16.7 Å². The van der Waals surface area contributed by atoms with Gasteiger partial charge in [0.25, 0.3) is 5.56 Å². The molecule has 0 bridgehead atoms. The highest BCUT2D eigenvalue weighted by molar-refractivity contribution is 8.00. The normalized spacial score (nSPS) is 15.4. The molecule has 0 saturated carbocycles. The number of hydrogen-bond donors (Lipinski definition) is 0. The molecule has 1 aliphatic carbocycles. The second-order valence-electron chi connectivity index (χ2n) is 9.73. The summed E-state index contributed by atoms with van der Waals surface area (Å²) >= 11 is 2.85. The Morgan fingerprint density at radius 1 is 1.16 bits per heavy atom. The van der Waals surface area contributed by atoms with Crippen LogP contribution in [0, 0.1) is 19.8 Å². The summed E-state index contributed by atoms with van der Waals surface area (Å²) in [6.07, 6.45) is 2.90. The maximum absolute atomic E-state index is 14.1. The van der Waals surface area contributed by atoms with Crippen molar-refractivity contribution in [3.63, 3.8) is 0 Å². The van der Waals surface area contributed by atoms with Gasteiger partial charge < -0.3 is 8.92 Å². The lowest BCUT2D eigenvalue weighted by Gasteiger charge is -2.18. The molecule has 10 heteroatoms. The fourth-order valence-corrected chi connectivity index (χ4v) is 8.43. The fourth-order valence-electron chi connectivity index (χ4n) is 4.72. The first-order valence-electron chi connectivity index (χ1n) is 12.5. The minimum absolute atomic E-state index is 0.0891. The van der Waals surface area contributed by atoms with Crippen molar-refractivity contribution in [1.29, 1.82) is 0 Å². The number of benzene rings is 2. The van der Waals surface area contributed by atoms with Gasteiger partial charge in [0.05, 0.1) is 23.9 Å². The fraction of sp³-hybridized carbons (Fsp3) is 0.357. The number of hydrogen-bond acceptors (Lipinski definition) is 8. The van der Waals surface area contributed by atoms with Crippen LogP contribution in [0.2, 0.25) is 0 Å². The minimum Gasteiger partial charge on any atom is -0.497 e. The third-order valence-electron chi connectivity index (χ3n) is 6.73. The molecule has 2 aromatic carbocycles. The van der Waals surface area contributed by atoms with Crippen molar-refractivity contribution in [1.82, 2.24) is 9.55 Å². The number of nitrogens with zero attached hydrogens (tertiary/aromatic N) is 2. The van der Waals surface area contributed by atoms with E-state index in [4.69, 9.17) is 13.9 Å². The highest BCUT2D eigenvalue weighted by atomic mass is 32.2. The quantitative estimate of drug-likeness (QED) is 0.153. The first kappa shape index (κ1) is 26.8. The number of rotatable bonds is 8. The molecule has 0 saturated heterocycles. The Morgan fingerprint density at radius 3 is 2.74 bits per heavy atom. The van der Waals surface area contributed by atoms with E-state index < -0.39 is 10.1 Å². The summed E-state index contributed by atoms with van der Waals surface area (Å²) in [5, 5.41) is 1.19. The summed E-state index contributed by atoms with van der Waals surface area (Å²) in [6.45, 7) is 6.20. The summed E-state index contributed by atoms with van der Waals surface area (Å²) in [6, 6.07) is 12.5. The molecule has 38 heavy (non-hydrogen) atoms. The molecule has 200 valence electrons. The third-order valence-corrected chi connectivity index (χ3v) is 10.2. The number of thioether (sulfide) groups is 1. The Kier molecular flexibility index (Phi) is 7.57. The van der Waals surface area contributed by atoms with E-state index in [-0.39, 0.29) is 22.8 Å². The van der Waals surface area contributed by atoms with Crippen LogP contribution in [0.25, 0.3) is 15.9 Å². The number of ether oxygens (including phenoxy) is 1. The van der Waals surface area contributed by atoms with Crippen molar-refractivity contribution in [3.8, 4) is 17.2 Å². The van der Waals surface area contributed by atoms with E-state index in [9.17, 15) is 13.2 Å². The maximum Gasteiger partial charge on any atom is 0.310 e. The summed E-state index contributed by atoms with van der Waals surface area (Å²) in [5.74, 6) is 1.22. The zero-order valence-electron chi connectivity index (χ0n) is 21.8. The van der Waals surface area contributed by atoms with Gasteiger partial charge in [-0.15, -0.1) is 11.3 Å². The van der Waals surface area contributed by atoms with Gasteiger partial charge >= 0.3 is 10.1 Å². The molecule has 2 aromatic heterocycles. The molecule has 0 aliphatic heterocycles. The molecule has 0 N–H and O–H groups in total. The first-order chi connectivity index (χ1) is 18.1. The highest BCUT2D eigenvalue weighted by Gasteiger charge is 2.26. The standard InChI is InChI=1S/C28H30N2O5S3/c1-17-8-10-19(3)23(14-17)30-27(31)25-22-11-9-18(2)15-24(22)37-26(25)29-28(30)36-12-13-38(32,33)35-21-7-5-6-20(16-21)34-4/h5-8,10,14,16,18H,9,11-13,15H2,1-4H3/t18-/m0/s1. The molecule has 1 aliphatic rings. The summed E-state index contributed by atoms with van der Waals surface area (Å²) < 4.78 is 37.5. The van der Waals surface area contributed by atoms with Crippen LogP contribution in [0.4, 0.5) is 0 Å². The molecule has 0 spiro atoms. The highest BCUT2D eigenvalue weighted by Crippen LogP contribution is 2.37. The first-order valence-corrected chi connectivity index (χ1v) is 15.9. The van der Waals surface area contributed by atoms with Crippen molar-refractivity contribution in [3.05, 3.63) is 74.4 Å². The van der Waals surface area contributed by atoms with Gasteiger partial charge in [-0.05, 0) is 73.9 Å². The summed E-state index contributed by atoms with van der Waals surface area (Å²) in [4.78, 5) is 21.0. The monoisotopic (exact) mass is 570 g/mol. The minimum atomic E-state index is -3.87. The molecule has 4 aromatic rings. The number of thiophene rings is 1. The van der Waals surface area contributed by atoms with E-state index in [0.717, 1.165) is 46.5 Å². The lowest BCUT2D eigenvalue weighted by atomic mass is 9.89. The summed E-state index contributed by atoms with van der Waals surface area (Å²) in [5.41, 5.74) is 3.79. The molecular weight excluding hydrogens is 541 g/mol. The van der Waals surface area contributed by atoms with Crippen molar-refractivity contribution in [2.24, 2.45) is 5.92 Å². The Balaban J connectivity index is 1.49. The van der Waals surface area contributed by atoms with Crippen LogP contribution in [-0.4, -0.2) is 36.6 Å². The molecule has 0 amide bonds. The SMILES string of the molecule is COc1cccc(OS(=O)(=O)CCSc2nc3sc4c(c3c(=O)n2-c2cc(C)ccc2C)CC[C@H](C)C4)c1. The average molecular weight is 571 g/mol. The number of fused-ring (bicyclic) bond motifs is 3. The van der Waals surface area contributed by atoms with Crippen LogP contribution in [0.15, 0.2) is 52.4 Å². The van der Waals surface area contributed by atoms with E-state index in [1.54, 1.807) is 34.1 Å². The van der Waals surface area contributed by atoms with Gasteiger partial charge in [-0.3, -0.25) is 9.36 Å². The lowest BCUT2D eigenvalue weighted by molar-refractivity contribution is 0.411. The van der Waals surface area contributed by atoms with Crippen LogP contribution in [0.1, 0.15) is 34.9 Å². The Labute approximate surface area is 231 Å². The van der Waals surface area contributed by atoms with Crippen molar-refractivity contribution < 1.29 is 17.3 Å². The smallest absolute Gasteiger partial charge is 0.310 e. The summed E-state index contributed by atoms with van der Waals surface area (Å²) in [7, 11) is -2.36. The molecule has 7 nitrogen and oxygen atoms in total. The zero-order chi connectivity index (χ0) is 27.0. The predicted molar refractivity (Wildman–Crippen MR) is 154 cm³/mol. The van der Waals surface area contributed by atoms with Gasteiger partial charge in [0.1, 0.15) is 16.3 Å². The van der Waals surface area contributed by atoms with Crippen LogP contribution in [-0.2, 0) is 23.0 Å². The van der Waals surface area contributed by atoms with E-state index in [1.165, 1.54) is 29.8 Å². The molecule has 0 fully saturated rings. The Bertz CT molecular complexity index is 1670. The number of aryl methyl sites for hydroxylation is 3. The van der Waals surface area contributed by atoms with Crippen molar-refractivity contribution >= 4 is 43.4 Å². The second-order valence-corrected chi connectivity index (χ2v) is 13.6. The molecule has 5 rings (SSSR count). The second kappa shape index (κ2) is 10.7. The number of aromatic nitrogens is 2. The van der Waals surface area contributed by atoms with Crippen LogP contribution < -0.4 is 14.5 Å². The lowest BCUT2D eigenvalue weighted by Crippen LogP contribution is -2.24. The molecule has 0 radical (unpaired) electrons. The molecular formula is C28H30N2O5S3. The van der Waals surface area contributed by atoms with E-state index in [1.807, 2.05) is 32.0 Å². The third kappa shape index (κ3) is 5.48. The average Bonchev–Trinajstić information content (AvgIpc) is 3.23. The van der Waals surface area contributed by atoms with Crippen molar-refractivity contribution in [2.45, 2.75) is 45.2 Å². The number of methoxy groups -OCH3 is 1. The van der Waals surface area contributed by atoms with Crippen LogP contribution >= 0.6 is 23.1 Å². The Hall–Kier alpha value is -2.82. The van der Waals surface area contributed by atoms with Gasteiger partial charge in [-0.1, -0.05) is 36.9 Å². The van der Waals surface area contributed by atoms with Gasteiger partial charge in [0.15, 0.2) is 5.16 Å². The Morgan fingerprint density at radius 2 is 1.95 bits per heavy atom. The molecule has 1 atom stereocenters. The molecule has 0 unspecified atom stereocenters. The topological polar surface area (TPSA) is 87.5 Å². The van der Waals surface area contributed by atoms with Gasteiger partial charge in [0.2, 0.25) is 0 Å². The zero-order valence-corrected chi connectivity index (χ0v) is 24.3. The van der Waals surface area contributed by atoms with Crippen LogP contribution in [0.3, 0.4) is 0 Å². The largest absolute Gasteiger partial charge is 0.497 e. The van der Waals surface area contributed by atoms with Gasteiger partial charge in [-0.25, -0.2) is 4.98 Å². The predicted octanol–water partition coefficient (Wildman–Crippen LogP) is 5.70. The van der Waals surface area contributed by atoms with Gasteiger partial charge in [-0.2, -0.15) is 8.42 Å². The van der Waals surface area contributed by atoms with E-state index in [2.05, 4.69) is 6.92 Å². The van der Waals surface area contributed by atoms with E-state index in [0.29, 0.717) is 22.2 Å². The van der Waals surface area contributed by atoms with E-state index >= 15 is 0 Å². The molecule has 2 heterocycles. The maximum atomic E-state index is 14.1. The van der Waals surface area contributed by atoms with Crippen LogP contribution in [0.5, 0.6) is 11.5 Å². The van der Waals surface area contributed by atoms with Crippen molar-refractivity contribution in [2.75, 3.05) is 18.6 Å².